The van der Waals surface area contributed by atoms with E-state index in [4.69, 9.17) is 14.2 Å². The Balaban J connectivity index is 2.05. The highest BCUT2D eigenvalue weighted by molar-refractivity contribution is 6.46. The summed E-state index contributed by atoms with van der Waals surface area (Å²) < 4.78 is 16.0. The highest BCUT2D eigenvalue weighted by atomic mass is 16.5. The number of amides is 1. The highest BCUT2D eigenvalue weighted by Crippen LogP contribution is 2.41. The third kappa shape index (κ3) is 5.12. The normalized spacial score (nSPS) is 17.4. The SMILES string of the molecule is CCCCOc1ccc(/C(O)=C2\C(=O)C(=O)N(CCOC)[C@@H]2c2ccc(O)c(OC)c2)cc1. The largest absolute Gasteiger partial charge is 0.507 e. The molecule has 3 rings (SSSR count). The zero-order chi connectivity index (χ0) is 24.0. The van der Waals surface area contributed by atoms with Crippen LogP contribution >= 0.6 is 0 Å². The molecule has 0 spiro atoms. The molecule has 0 unspecified atom stereocenters. The van der Waals surface area contributed by atoms with Crippen molar-refractivity contribution in [2.75, 3.05) is 34.0 Å². The van der Waals surface area contributed by atoms with Crippen molar-refractivity contribution in [3.8, 4) is 17.2 Å². The summed E-state index contributed by atoms with van der Waals surface area (Å²) in [6.45, 7) is 3.03. The highest BCUT2D eigenvalue weighted by Gasteiger charge is 2.46. The zero-order valence-corrected chi connectivity index (χ0v) is 19.0. The van der Waals surface area contributed by atoms with Gasteiger partial charge in [0, 0.05) is 19.2 Å². The number of hydrogen-bond acceptors (Lipinski definition) is 7. The first-order valence-electron chi connectivity index (χ1n) is 10.8. The lowest BCUT2D eigenvalue weighted by atomic mass is 9.95. The minimum Gasteiger partial charge on any atom is -0.507 e. The van der Waals surface area contributed by atoms with Crippen LogP contribution in [0.15, 0.2) is 48.0 Å². The van der Waals surface area contributed by atoms with E-state index < -0.39 is 17.7 Å². The Bertz CT molecular complexity index is 1030. The first-order valence-corrected chi connectivity index (χ1v) is 10.8. The Morgan fingerprint density at radius 1 is 1.06 bits per heavy atom. The van der Waals surface area contributed by atoms with E-state index in [9.17, 15) is 19.8 Å². The van der Waals surface area contributed by atoms with Crippen molar-refractivity contribution >= 4 is 17.4 Å². The Morgan fingerprint density at radius 2 is 1.79 bits per heavy atom. The maximum atomic E-state index is 13.0. The van der Waals surface area contributed by atoms with E-state index in [1.807, 2.05) is 0 Å². The maximum Gasteiger partial charge on any atom is 0.295 e. The number of phenolic OH excluding ortho intramolecular Hbond substituents is 1. The molecule has 8 heteroatoms. The number of carbonyl (C=O) groups is 2. The van der Waals surface area contributed by atoms with Crippen LogP contribution in [0.5, 0.6) is 17.2 Å². The molecule has 1 heterocycles. The summed E-state index contributed by atoms with van der Waals surface area (Å²) in [5.41, 5.74) is 0.864. The molecule has 0 saturated carbocycles. The third-order valence-electron chi connectivity index (χ3n) is 5.49. The van der Waals surface area contributed by atoms with E-state index in [2.05, 4.69) is 6.92 Å². The quantitative estimate of drug-likeness (QED) is 0.244. The van der Waals surface area contributed by atoms with Gasteiger partial charge in [-0.2, -0.15) is 0 Å². The number of benzene rings is 2. The molecular formula is C25H29NO7. The minimum absolute atomic E-state index is 0.0384. The molecule has 1 saturated heterocycles. The van der Waals surface area contributed by atoms with Gasteiger partial charge in [-0.25, -0.2) is 0 Å². The first kappa shape index (κ1) is 24.1. The average Bonchev–Trinajstić information content (AvgIpc) is 3.08. The number of rotatable bonds is 10. The number of unbranched alkanes of at least 4 members (excludes halogenated alkanes) is 1. The number of hydrogen-bond donors (Lipinski definition) is 2. The Labute approximate surface area is 193 Å². The predicted molar refractivity (Wildman–Crippen MR) is 122 cm³/mol. The maximum absolute atomic E-state index is 13.0. The van der Waals surface area contributed by atoms with E-state index in [-0.39, 0.29) is 36.0 Å². The third-order valence-corrected chi connectivity index (χ3v) is 5.49. The lowest BCUT2D eigenvalue weighted by Crippen LogP contribution is -2.32. The lowest BCUT2D eigenvalue weighted by molar-refractivity contribution is -0.140. The number of ketones is 1. The molecule has 1 fully saturated rings. The topological polar surface area (TPSA) is 106 Å². The molecule has 1 atom stereocenters. The number of Topliss-reactive ketones (excluding diaryl/α,β-unsaturated/α-hetero) is 1. The van der Waals surface area contributed by atoms with Gasteiger partial charge in [-0.1, -0.05) is 19.4 Å². The van der Waals surface area contributed by atoms with Crippen LogP contribution in [0.25, 0.3) is 5.76 Å². The number of phenols is 1. The van der Waals surface area contributed by atoms with Crippen molar-refractivity contribution < 1.29 is 34.0 Å². The minimum atomic E-state index is -0.866. The molecule has 2 N–H and O–H groups in total. The second-order valence-corrected chi connectivity index (χ2v) is 7.64. The predicted octanol–water partition coefficient (Wildman–Crippen LogP) is 3.65. The monoisotopic (exact) mass is 455 g/mol. The van der Waals surface area contributed by atoms with E-state index in [0.717, 1.165) is 12.8 Å². The van der Waals surface area contributed by atoms with Crippen molar-refractivity contribution in [2.45, 2.75) is 25.8 Å². The smallest absolute Gasteiger partial charge is 0.295 e. The van der Waals surface area contributed by atoms with E-state index >= 15 is 0 Å². The summed E-state index contributed by atoms with van der Waals surface area (Å²) >= 11 is 0. The van der Waals surface area contributed by atoms with Gasteiger partial charge in [0.05, 0.1) is 31.9 Å². The van der Waals surface area contributed by atoms with Gasteiger partial charge in [0.15, 0.2) is 11.5 Å². The number of ether oxygens (including phenoxy) is 3. The lowest BCUT2D eigenvalue weighted by Gasteiger charge is -2.25. The molecule has 33 heavy (non-hydrogen) atoms. The van der Waals surface area contributed by atoms with E-state index in [1.165, 1.54) is 25.2 Å². The van der Waals surface area contributed by atoms with Gasteiger partial charge >= 0.3 is 0 Å². The summed E-state index contributed by atoms with van der Waals surface area (Å²) in [7, 11) is 2.91. The van der Waals surface area contributed by atoms with Crippen molar-refractivity contribution in [1.29, 1.82) is 0 Å². The van der Waals surface area contributed by atoms with Gasteiger partial charge in [0.1, 0.15) is 11.5 Å². The average molecular weight is 456 g/mol. The molecule has 0 bridgehead atoms. The first-order chi connectivity index (χ1) is 15.9. The van der Waals surface area contributed by atoms with Gasteiger partial charge < -0.3 is 29.3 Å². The van der Waals surface area contributed by atoms with Crippen LogP contribution in [-0.2, 0) is 14.3 Å². The Morgan fingerprint density at radius 3 is 2.42 bits per heavy atom. The van der Waals surface area contributed by atoms with E-state index in [1.54, 1.807) is 36.4 Å². The summed E-state index contributed by atoms with van der Waals surface area (Å²) in [5, 5.41) is 21.1. The molecule has 0 radical (unpaired) electrons. The van der Waals surface area contributed by atoms with Crippen molar-refractivity contribution in [1.82, 2.24) is 4.90 Å². The van der Waals surface area contributed by atoms with Crippen molar-refractivity contribution in [3.63, 3.8) is 0 Å². The van der Waals surface area contributed by atoms with Gasteiger partial charge in [-0.05, 0) is 48.4 Å². The number of aliphatic hydroxyl groups excluding tert-OH is 1. The number of likely N-dealkylation sites (tertiary alicyclic amines) is 1. The fourth-order valence-corrected chi connectivity index (χ4v) is 3.71. The summed E-state index contributed by atoms with van der Waals surface area (Å²) in [5.74, 6) is -1.04. The number of nitrogens with zero attached hydrogens (tertiary/aromatic N) is 1. The van der Waals surface area contributed by atoms with Crippen LogP contribution in [0, 0.1) is 0 Å². The number of aliphatic hydroxyl groups is 1. The van der Waals surface area contributed by atoms with Crippen LogP contribution in [0.4, 0.5) is 0 Å². The number of aromatic hydroxyl groups is 1. The molecule has 2 aromatic rings. The fourth-order valence-electron chi connectivity index (χ4n) is 3.71. The zero-order valence-electron chi connectivity index (χ0n) is 19.0. The van der Waals surface area contributed by atoms with Crippen LogP contribution in [0.1, 0.15) is 36.9 Å². The van der Waals surface area contributed by atoms with Gasteiger partial charge in [-0.15, -0.1) is 0 Å². The number of carbonyl (C=O) groups excluding carboxylic acids is 2. The summed E-state index contributed by atoms with van der Waals surface area (Å²) in [4.78, 5) is 27.2. The fraction of sp³-hybridized carbons (Fsp3) is 0.360. The molecule has 8 nitrogen and oxygen atoms in total. The molecule has 176 valence electrons. The molecule has 1 amide bonds. The molecule has 1 aliphatic rings. The van der Waals surface area contributed by atoms with Crippen LogP contribution < -0.4 is 9.47 Å². The Hall–Kier alpha value is -3.52. The van der Waals surface area contributed by atoms with Gasteiger partial charge in [-0.3, -0.25) is 9.59 Å². The molecule has 0 aliphatic carbocycles. The Kier molecular flexibility index (Phi) is 7.95. The summed E-state index contributed by atoms with van der Waals surface area (Å²) in [6.07, 6.45) is 1.95. The van der Waals surface area contributed by atoms with Crippen LogP contribution in [0.3, 0.4) is 0 Å². The van der Waals surface area contributed by atoms with Crippen molar-refractivity contribution in [2.24, 2.45) is 0 Å². The second-order valence-electron chi connectivity index (χ2n) is 7.64. The molecule has 2 aromatic carbocycles. The molecule has 0 aromatic heterocycles. The van der Waals surface area contributed by atoms with Crippen LogP contribution in [0.2, 0.25) is 0 Å². The number of methoxy groups -OCH3 is 2. The molecule has 1 aliphatic heterocycles. The van der Waals surface area contributed by atoms with Gasteiger partial charge in [0.25, 0.3) is 11.7 Å². The molecular weight excluding hydrogens is 426 g/mol. The second kappa shape index (κ2) is 10.9. The summed E-state index contributed by atoms with van der Waals surface area (Å²) in [6, 6.07) is 10.4. The van der Waals surface area contributed by atoms with Crippen LogP contribution in [-0.4, -0.2) is 60.8 Å². The van der Waals surface area contributed by atoms with Gasteiger partial charge in [0.2, 0.25) is 0 Å². The van der Waals surface area contributed by atoms with Crippen molar-refractivity contribution in [3.05, 3.63) is 59.2 Å². The van der Waals surface area contributed by atoms with E-state index in [0.29, 0.717) is 23.5 Å². The standard InChI is InChI=1S/C25H29NO7/c1-4-5-13-33-18-9-6-16(7-10-18)23(28)21-22(17-8-11-19(27)20(15-17)32-3)26(12-14-31-2)25(30)24(21)29/h6-11,15,22,27-28H,4-5,12-14H2,1-3H3/b23-21+/t22-/m1/s1.